The Morgan fingerprint density at radius 2 is 2.00 bits per heavy atom. The lowest BCUT2D eigenvalue weighted by atomic mass is 9.75. The second-order valence-electron chi connectivity index (χ2n) is 3.66. The van der Waals surface area contributed by atoms with E-state index in [0.29, 0.717) is 0 Å². The number of nitrogens with two attached hydrogens (primary N) is 1. The molecule has 0 aliphatic carbocycles. The molecular weight excluding hydrogens is 254 g/mol. The number of hydrogen-bond acceptors (Lipinski definition) is 1. The van der Waals surface area contributed by atoms with Gasteiger partial charge in [0.15, 0.2) is 0 Å². The molecule has 0 heterocycles. The van der Waals surface area contributed by atoms with E-state index >= 15 is 0 Å². The van der Waals surface area contributed by atoms with Gasteiger partial charge in [0.2, 0.25) is 5.91 Å². The molecule has 2 N–H and O–H groups in total. The molecule has 0 saturated carbocycles. The third kappa shape index (κ3) is 2.23. The fraction of sp³-hybridized carbons (Fsp3) is 0.417. The molecule has 1 amide bonds. The number of carbonyl (C=O) groups excluding carboxylic acids is 1. The molecule has 0 saturated heterocycles. The molecular formula is C12H16BrNO. The second kappa shape index (κ2) is 4.79. The van der Waals surface area contributed by atoms with E-state index in [1.54, 1.807) is 0 Å². The van der Waals surface area contributed by atoms with Gasteiger partial charge < -0.3 is 5.73 Å². The van der Waals surface area contributed by atoms with Crippen LogP contribution in [0.15, 0.2) is 28.7 Å². The monoisotopic (exact) mass is 269 g/mol. The molecule has 0 aliphatic rings. The second-order valence-corrected chi connectivity index (χ2v) is 4.58. The van der Waals surface area contributed by atoms with Crippen molar-refractivity contribution in [2.45, 2.75) is 32.1 Å². The Kier molecular flexibility index (Phi) is 3.91. The first-order chi connectivity index (χ1) is 7.06. The zero-order valence-corrected chi connectivity index (χ0v) is 10.7. The van der Waals surface area contributed by atoms with Crippen molar-refractivity contribution in [3.05, 3.63) is 34.3 Å². The molecule has 0 aromatic heterocycles. The normalized spacial score (nSPS) is 11.4. The zero-order chi connectivity index (χ0) is 11.5. The van der Waals surface area contributed by atoms with E-state index in [9.17, 15) is 4.79 Å². The molecule has 15 heavy (non-hydrogen) atoms. The minimum atomic E-state index is -0.524. The number of primary amides is 1. The molecule has 1 aromatic rings. The van der Waals surface area contributed by atoms with Gasteiger partial charge in [-0.15, -0.1) is 0 Å². The molecule has 0 spiro atoms. The fourth-order valence-corrected chi connectivity index (χ4v) is 2.33. The van der Waals surface area contributed by atoms with Crippen LogP contribution in [0.1, 0.15) is 32.3 Å². The van der Waals surface area contributed by atoms with Gasteiger partial charge in [-0.05, 0) is 30.5 Å². The minimum absolute atomic E-state index is 0.245. The van der Waals surface area contributed by atoms with Gasteiger partial charge in [-0.1, -0.05) is 41.9 Å². The molecule has 82 valence electrons. The summed E-state index contributed by atoms with van der Waals surface area (Å²) in [6.45, 7) is 3.99. The molecule has 2 nitrogen and oxygen atoms in total. The maximum Gasteiger partial charge on any atom is 0.228 e. The standard InChI is InChI=1S/C12H16BrNO/c1-3-12(4-2,11(14)15)9-6-5-7-10(13)8-9/h5-8H,3-4H2,1-2H3,(H2,14,15). The Hall–Kier alpha value is -0.830. The summed E-state index contributed by atoms with van der Waals surface area (Å²) in [4.78, 5) is 11.6. The zero-order valence-electron chi connectivity index (χ0n) is 9.09. The van der Waals surface area contributed by atoms with Gasteiger partial charge in [-0.25, -0.2) is 0 Å². The molecule has 0 atom stereocenters. The van der Waals surface area contributed by atoms with Crippen molar-refractivity contribution in [1.29, 1.82) is 0 Å². The Balaban J connectivity index is 3.26. The first kappa shape index (κ1) is 12.2. The van der Waals surface area contributed by atoms with Gasteiger partial charge in [-0.2, -0.15) is 0 Å². The fourth-order valence-electron chi connectivity index (χ4n) is 1.94. The molecule has 3 heteroatoms. The topological polar surface area (TPSA) is 43.1 Å². The highest BCUT2D eigenvalue weighted by Gasteiger charge is 2.34. The van der Waals surface area contributed by atoms with Crippen LogP contribution in [-0.2, 0) is 10.2 Å². The predicted octanol–water partition coefficient (Wildman–Crippen LogP) is 2.99. The van der Waals surface area contributed by atoms with E-state index in [-0.39, 0.29) is 5.91 Å². The van der Waals surface area contributed by atoms with Crippen molar-refractivity contribution in [3.63, 3.8) is 0 Å². The first-order valence-electron chi connectivity index (χ1n) is 5.12. The van der Waals surface area contributed by atoms with Crippen LogP contribution in [-0.4, -0.2) is 5.91 Å². The number of halogens is 1. The van der Waals surface area contributed by atoms with E-state index in [4.69, 9.17) is 5.73 Å². The van der Waals surface area contributed by atoms with E-state index in [2.05, 4.69) is 15.9 Å². The Morgan fingerprint density at radius 3 is 2.40 bits per heavy atom. The van der Waals surface area contributed by atoms with Crippen molar-refractivity contribution < 1.29 is 4.79 Å². The summed E-state index contributed by atoms with van der Waals surface area (Å²) in [7, 11) is 0. The Bertz CT molecular complexity index is 358. The van der Waals surface area contributed by atoms with Crippen molar-refractivity contribution in [2.75, 3.05) is 0 Å². The highest BCUT2D eigenvalue weighted by molar-refractivity contribution is 9.10. The van der Waals surface area contributed by atoms with Gasteiger partial charge in [0.25, 0.3) is 0 Å². The summed E-state index contributed by atoms with van der Waals surface area (Å²) in [6, 6.07) is 7.81. The summed E-state index contributed by atoms with van der Waals surface area (Å²) < 4.78 is 0.979. The van der Waals surface area contributed by atoms with E-state index in [1.165, 1.54) is 0 Å². The Labute approximate surface area is 99.0 Å². The number of amides is 1. The number of carbonyl (C=O) groups is 1. The largest absolute Gasteiger partial charge is 0.369 e. The quantitative estimate of drug-likeness (QED) is 0.898. The Morgan fingerprint density at radius 1 is 1.40 bits per heavy atom. The summed E-state index contributed by atoms with van der Waals surface area (Å²) in [6.07, 6.45) is 1.46. The van der Waals surface area contributed by atoms with Crippen LogP contribution in [0.5, 0.6) is 0 Å². The van der Waals surface area contributed by atoms with Crippen molar-refractivity contribution in [1.82, 2.24) is 0 Å². The summed E-state index contributed by atoms with van der Waals surface area (Å²) in [5.41, 5.74) is 5.99. The summed E-state index contributed by atoms with van der Waals surface area (Å²) in [5, 5.41) is 0. The van der Waals surface area contributed by atoms with Crippen LogP contribution in [0.2, 0.25) is 0 Å². The SMILES string of the molecule is CCC(CC)(C(N)=O)c1cccc(Br)c1. The average molecular weight is 270 g/mol. The highest BCUT2D eigenvalue weighted by atomic mass is 79.9. The maximum absolute atomic E-state index is 11.6. The van der Waals surface area contributed by atoms with Gasteiger partial charge in [0.1, 0.15) is 0 Å². The van der Waals surface area contributed by atoms with Crippen LogP contribution < -0.4 is 5.73 Å². The van der Waals surface area contributed by atoms with Crippen LogP contribution >= 0.6 is 15.9 Å². The van der Waals surface area contributed by atoms with E-state index in [0.717, 1.165) is 22.9 Å². The molecule has 1 rings (SSSR count). The third-order valence-corrected chi connectivity index (χ3v) is 3.55. The van der Waals surface area contributed by atoms with Crippen LogP contribution in [0.25, 0.3) is 0 Å². The smallest absolute Gasteiger partial charge is 0.228 e. The van der Waals surface area contributed by atoms with Gasteiger partial charge in [0, 0.05) is 4.47 Å². The molecule has 0 aliphatic heterocycles. The van der Waals surface area contributed by atoms with Crippen LogP contribution in [0.4, 0.5) is 0 Å². The lowest BCUT2D eigenvalue weighted by Crippen LogP contribution is -2.40. The average Bonchev–Trinajstić information content (AvgIpc) is 2.20. The van der Waals surface area contributed by atoms with Crippen molar-refractivity contribution in [3.8, 4) is 0 Å². The molecule has 1 aromatic carbocycles. The number of benzene rings is 1. The van der Waals surface area contributed by atoms with E-state index < -0.39 is 5.41 Å². The molecule has 0 unspecified atom stereocenters. The van der Waals surface area contributed by atoms with Crippen molar-refractivity contribution in [2.24, 2.45) is 5.73 Å². The predicted molar refractivity (Wildman–Crippen MR) is 65.6 cm³/mol. The minimum Gasteiger partial charge on any atom is -0.369 e. The third-order valence-electron chi connectivity index (χ3n) is 3.06. The first-order valence-corrected chi connectivity index (χ1v) is 5.92. The lowest BCUT2D eigenvalue weighted by molar-refractivity contribution is -0.123. The molecule has 0 fully saturated rings. The number of rotatable bonds is 4. The van der Waals surface area contributed by atoms with E-state index in [1.807, 2.05) is 38.1 Å². The van der Waals surface area contributed by atoms with Gasteiger partial charge in [0.05, 0.1) is 5.41 Å². The van der Waals surface area contributed by atoms with Crippen molar-refractivity contribution >= 4 is 21.8 Å². The number of hydrogen-bond donors (Lipinski definition) is 1. The van der Waals surface area contributed by atoms with Gasteiger partial charge in [-0.3, -0.25) is 4.79 Å². The molecule has 0 radical (unpaired) electrons. The highest BCUT2D eigenvalue weighted by Crippen LogP contribution is 2.32. The van der Waals surface area contributed by atoms with Crippen LogP contribution in [0, 0.1) is 0 Å². The molecule has 0 bridgehead atoms. The van der Waals surface area contributed by atoms with Gasteiger partial charge >= 0.3 is 0 Å². The van der Waals surface area contributed by atoms with Crippen LogP contribution in [0.3, 0.4) is 0 Å². The summed E-state index contributed by atoms with van der Waals surface area (Å²) >= 11 is 3.41. The summed E-state index contributed by atoms with van der Waals surface area (Å²) in [5.74, 6) is -0.245. The maximum atomic E-state index is 11.6. The lowest BCUT2D eigenvalue weighted by Gasteiger charge is -2.28.